The second-order valence-corrected chi connectivity index (χ2v) is 5.04. The van der Waals surface area contributed by atoms with Crippen LogP contribution in [0.15, 0.2) is 36.4 Å². The second kappa shape index (κ2) is 5.71. The van der Waals surface area contributed by atoms with Gasteiger partial charge in [-0.3, -0.25) is 4.79 Å². The van der Waals surface area contributed by atoms with Gasteiger partial charge >= 0.3 is 0 Å². The van der Waals surface area contributed by atoms with Crippen LogP contribution in [0.5, 0.6) is 5.75 Å². The number of carbonyl (C=O) groups is 1. The van der Waals surface area contributed by atoms with Crippen LogP contribution in [0.4, 0.5) is 13.2 Å². The van der Waals surface area contributed by atoms with Gasteiger partial charge in [0, 0.05) is 23.6 Å². The molecule has 114 valence electrons. The van der Waals surface area contributed by atoms with Gasteiger partial charge in [-0.2, -0.15) is 0 Å². The molecule has 1 aliphatic heterocycles. The molecule has 1 N–H and O–H groups in total. The summed E-state index contributed by atoms with van der Waals surface area (Å²) in [7, 11) is 0. The zero-order valence-electron chi connectivity index (χ0n) is 11.4. The first kappa shape index (κ1) is 14.4. The predicted molar refractivity (Wildman–Crippen MR) is 73.2 cm³/mol. The lowest BCUT2D eigenvalue weighted by atomic mass is 10.1. The molecule has 0 aromatic heterocycles. The normalized spacial score (nSPS) is 16.0. The molecule has 0 bridgehead atoms. The molecule has 1 aliphatic rings. The van der Waals surface area contributed by atoms with Crippen LogP contribution >= 0.6 is 0 Å². The Balaban J connectivity index is 1.61. The van der Waals surface area contributed by atoms with E-state index in [1.165, 1.54) is 30.3 Å². The minimum Gasteiger partial charge on any atom is -0.485 e. The first-order valence-electron chi connectivity index (χ1n) is 6.71. The molecule has 0 saturated carbocycles. The number of amides is 1. The topological polar surface area (TPSA) is 38.3 Å². The van der Waals surface area contributed by atoms with E-state index < -0.39 is 23.6 Å². The Morgan fingerprint density at radius 3 is 2.59 bits per heavy atom. The minimum absolute atomic E-state index is 0.0300. The fraction of sp³-hybridized carbons (Fsp3) is 0.188. The molecular formula is C16H12F3NO2. The quantitative estimate of drug-likeness (QED) is 0.947. The van der Waals surface area contributed by atoms with Gasteiger partial charge in [-0.05, 0) is 30.3 Å². The standard InChI is InChI=1S/C16H12F3NO2/c17-11-3-1-9(2-4-11)16(21)20-8-13-6-10-5-12(18)7-14(19)15(10)22-13/h1-5,7,13H,6,8H2,(H,20,21). The van der Waals surface area contributed by atoms with Crippen LogP contribution < -0.4 is 10.1 Å². The van der Waals surface area contributed by atoms with E-state index in [1.54, 1.807) is 0 Å². The number of carbonyl (C=O) groups excluding carboxylic acids is 1. The molecule has 6 heteroatoms. The molecule has 2 aromatic carbocycles. The highest BCUT2D eigenvalue weighted by Gasteiger charge is 2.27. The maximum atomic E-state index is 13.5. The van der Waals surface area contributed by atoms with Crippen LogP contribution in [0, 0.1) is 17.5 Å². The van der Waals surface area contributed by atoms with Crippen molar-refractivity contribution >= 4 is 5.91 Å². The number of rotatable bonds is 3. The number of nitrogens with one attached hydrogen (secondary N) is 1. The Labute approximate surface area is 124 Å². The van der Waals surface area contributed by atoms with Gasteiger partial charge in [0.15, 0.2) is 11.6 Å². The molecule has 0 aliphatic carbocycles. The molecule has 1 atom stereocenters. The number of hydrogen-bond donors (Lipinski definition) is 1. The summed E-state index contributed by atoms with van der Waals surface area (Å²) in [5.74, 6) is -2.18. The van der Waals surface area contributed by atoms with Crippen molar-refractivity contribution in [3.05, 3.63) is 65.0 Å². The van der Waals surface area contributed by atoms with Crippen molar-refractivity contribution in [2.45, 2.75) is 12.5 Å². The van der Waals surface area contributed by atoms with Gasteiger partial charge in [0.25, 0.3) is 5.91 Å². The van der Waals surface area contributed by atoms with Crippen LogP contribution in [0.25, 0.3) is 0 Å². The molecule has 22 heavy (non-hydrogen) atoms. The van der Waals surface area contributed by atoms with E-state index in [2.05, 4.69) is 5.32 Å². The average Bonchev–Trinajstić information content (AvgIpc) is 2.89. The van der Waals surface area contributed by atoms with Crippen molar-refractivity contribution in [1.29, 1.82) is 0 Å². The smallest absolute Gasteiger partial charge is 0.251 e. The lowest BCUT2D eigenvalue weighted by Gasteiger charge is -2.12. The van der Waals surface area contributed by atoms with Gasteiger partial charge in [0.05, 0.1) is 6.54 Å². The summed E-state index contributed by atoms with van der Waals surface area (Å²) < 4.78 is 44.8. The van der Waals surface area contributed by atoms with Crippen LogP contribution in [0.1, 0.15) is 15.9 Å². The number of fused-ring (bicyclic) bond motifs is 1. The Kier molecular flexibility index (Phi) is 3.75. The van der Waals surface area contributed by atoms with E-state index in [1.807, 2.05) is 0 Å². The maximum Gasteiger partial charge on any atom is 0.251 e. The molecule has 0 fully saturated rings. The SMILES string of the molecule is O=C(NCC1Cc2cc(F)cc(F)c2O1)c1ccc(F)cc1. The van der Waals surface area contributed by atoms with Crippen molar-refractivity contribution in [3.63, 3.8) is 0 Å². The van der Waals surface area contributed by atoms with Gasteiger partial charge in [-0.15, -0.1) is 0 Å². The van der Waals surface area contributed by atoms with E-state index in [0.717, 1.165) is 6.07 Å². The zero-order valence-corrected chi connectivity index (χ0v) is 11.4. The Morgan fingerprint density at radius 1 is 1.14 bits per heavy atom. The molecule has 0 radical (unpaired) electrons. The molecular weight excluding hydrogens is 295 g/mol. The third kappa shape index (κ3) is 2.90. The summed E-state index contributed by atoms with van der Waals surface area (Å²) in [4.78, 5) is 11.9. The second-order valence-electron chi connectivity index (χ2n) is 5.04. The summed E-state index contributed by atoms with van der Waals surface area (Å²) in [6, 6.07) is 7.09. The average molecular weight is 307 g/mol. The fourth-order valence-electron chi connectivity index (χ4n) is 2.37. The summed E-state index contributed by atoms with van der Waals surface area (Å²) >= 11 is 0. The maximum absolute atomic E-state index is 13.5. The molecule has 2 aromatic rings. The summed E-state index contributed by atoms with van der Waals surface area (Å²) in [6.45, 7) is 0.145. The van der Waals surface area contributed by atoms with Crippen molar-refractivity contribution in [2.24, 2.45) is 0 Å². The molecule has 3 rings (SSSR count). The van der Waals surface area contributed by atoms with Crippen molar-refractivity contribution in [3.8, 4) is 5.75 Å². The highest BCUT2D eigenvalue weighted by molar-refractivity contribution is 5.94. The van der Waals surface area contributed by atoms with Crippen LogP contribution in [0.2, 0.25) is 0 Å². The van der Waals surface area contributed by atoms with Crippen molar-refractivity contribution < 1.29 is 22.7 Å². The molecule has 1 heterocycles. The molecule has 3 nitrogen and oxygen atoms in total. The predicted octanol–water partition coefficient (Wildman–Crippen LogP) is 2.84. The van der Waals surface area contributed by atoms with E-state index in [4.69, 9.17) is 4.74 Å². The van der Waals surface area contributed by atoms with Crippen molar-refractivity contribution in [2.75, 3.05) is 6.54 Å². The minimum atomic E-state index is -0.748. The third-order valence-electron chi connectivity index (χ3n) is 3.41. The van der Waals surface area contributed by atoms with Gasteiger partial charge in [0.2, 0.25) is 0 Å². The Hall–Kier alpha value is -2.50. The number of halogens is 3. The van der Waals surface area contributed by atoms with Crippen LogP contribution in [0.3, 0.4) is 0 Å². The molecule has 0 saturated heterocycles. The lowest BCUT2D eigenvalue weighted by molar-refractivity contribution is 0.0933. The number of benzene rings is 2. The molecule has 1 amide bonds. The Bertz CT molecular complexity index is 716. The monoisotopic (exact) mass is 307 g/mol. The summed E-state index contributed by atoms with van der Waals surface area (Å²) in [6.07, 6.45) is -0.149. The van der Waals surface area contributed by atoms with E-state index in [0.29, 0.717) is 17.5 Å². The largest absolute Gasteiger partial charge is 0.485 e. The van der Waals surface area contributed by atoms with Crippen LogP contribution in [-0.2, 0) is 6.42 Å². The van der Waals surface area contributed by atoms with E-state index >= 15 is 0 Å². The number of ether oxygens (including phenoxy) is 1. The zero-order chi connectivity index (χ0) is 15.7. The number of hydrogen-bond acceptors (Lipinski definition) is 2. The first-order valence-corrected chi connectivity index (χ1v) is 6.71. The summed E-state index contributed by atoms with van der Waals surface area (Å²) in [5.41, 5.74) is 0.757. The van der Waals surface area contributed by atoms with Gasteiger partial charge in [-0.1, -0.05) is 0 Å². The van der Waals surface area contributed by atoms with Crippen LogP contribution in [-0.4, -0.2) is 18.6 Å². The highest BCUT2D eigenvalue weighted by Crippen LogP contribution is 2.32. The highest BCUT2D eigenvalue weighted by atomic mass is 19.1. The van der Waals surface area contributed by atoms with Gasteiger partial charge < -0.3 is 10.1 Å². The van der Waals surface area contributed by atoms with E-state index in [-0.39, 0.29) is 18.2 Å². The van der Waals surface area contributed by atoms with E-state index in [9.17, 15) is 18.0 Å². The van der Waals surface area contributed by atoms with Gasteiger partial charge in [-0.25, -0.2) is 13.2 Å². The van der Waals surface area contributed by atoms with Crippen molar-refractivity contribution in [1.82, 2.24) is 5.32 Å². The first-order chi connectivity index (χ1) is 10.5. The Morgan fingerprint density at radius 2 is 1.86 bits per heavy atom. The lowest BCUT2D eigenvalue weighted by Crippen LogP contribution is -2.34. The summed E-state index contributed by atoms with van der Waals surface area (Å²) in [5, 5.41) is 2.63. The third-order valence-corrected chi connectivity index (χ3v) is 3.41. The van der Waals surface area contributed by atoms with Gasteiger partial charge in [0.1, 0.15) is 17.7 Å². The molecule has 0 spiro atoms. The molecule has 1 unspecified atom stereocenters. The fourth-order valence-corrected chi connectivity index (χ4v) is 2.37.